The zero-order valence-electron chi connectivity index (χ0n) is 6.84. The molecule has 68 valence electrons. The molecule has 0 aromatic heterocycles. The van der Waals surface area contributed by atoms with Gasteiger partial charge >= 0.3 is 4.70 Å². The standard InChI is InChI=1S/C9H8.CCl2O/c1-2-5-9-7-3-6-8(9)4-1;2-1(3)4/h1-6H,7H2;. The Labute approximate surface area is 87.0 Å². The van der Waals surface area contributed by atoms with Crippen molar-refractivity contribution in [2.45, 2.75) is 6.42 Å². The predicted octanol–water partition coefficient (Wildman–Crippen LogP) is 3.84. The number of rotatable bonds is 0. The number of fused-ring (bicyclic) bond motifs is 1. The summed E-state index contributed by atoms with van der Waals surface area (Å²) in [6, 6.07) is 8.49. The Morgan fingerprint density at radius 1 is 1.23 bits per heavy atom. The van der Waals surface area contributed by atoms with E-state index in [1.54, 1.807) is 0 Å². The predicted molar refractivity (Wildman–Crippen MR) is 56.3 cm³/mol. The summed E-state index contributed by atoms with van der Waals surface area (Å²) < 4.78 is -0.889. The van der Waals surface area contributed by atoms with E-state index in [0.717, 1.165) is 6.42 Å². The van der Waals surface area contributed by atoms with Crippen molar-refractivity contribution < 1.29 is 4.79 Å². The minimum absolute atomic E-state index is 0.889. The molecule has 0 saturated heterocycles. The lowest BCUT2D eigenvalue weighted by Crippen LogP contribution is -1.76. The highest BCUT2D eigenvalue weighted by Gasteiger charge is 2.00. The molecule has 0 unspecified atom stereocenters. The number of benzene rings is 1. The molecule has 0 fully saturated rings. The molecule has 1 nitrogen and oxygen atoms in total. The SMILES string of the molecule is C1=Cc2ccccc2C1.O=C(Cl)Cl. The Kier molecular flexibility index (Phi) is 4.00. The molecule has 0 atom stereocenters. The van der Waals surface area contributed by atoms with Crippen LogP contribution in [0.1, 0.15) is 11.1 Å². The number of halogens is 2. The highest BCUT2D eigenvalue weighted by molar-refractivity contribution is 6.93. The molecule has 1 aliphatic carbocycles. The lowest BCUT2D eigenvalue weighted by molar-refractivity contribution is 0.275. The van der Waals surface area contributed by atoms with E-state index in [1.807, 2.05) is 0 Å². The monoisotopic (exact) mass is 214 g/mol. The van der Waals surface area contributed by atoms with Crippen LogP contribution in [0.5, 0.6) is 0 Å². The van der Waals surface area contributed by atoms with Gasteiger partial charge in [-0.3, -0.25) is 4.79 Å². The summed E-state index contributed by atoms with van der Waals surface area (Å²) in [6.45, 7) is 0. The Morgan fingerprint density at radius 2 is 1.85 bits per heavy atom. The molecule has 0 N–H and O–H groups in total. The van der Waals surface area contributed by atoms with Crippen LogP contribution in [-0.4, -0.2) is 4.70 Å². The van der Waals surface area contributed by atoms with Gasteiger partial charge in [-0.2, -0.15) is 0 Å². The third-order valence-corrected chi connectivity index (χ3v) is 1.69. The van der Waals surface area contributed by atoms with Gasteiger partial charge in [0.15, 0.2) is 0 Å². The Balaban J connectivity index is 0.000000184. The summed E-state index contributed by atoms with van der Waals surface area (Å²) in [5, 5.41) is 0. The molecule has 0 amide bonds. The number of hydrogen-bond acceptors (Lipinski definition) is 1. The molecule has 0 heterocycles. The van der Waals surface area contributed by atoms with Crippen molar-refractivity contribution in [2.75, 3.05) is 0 Å². The first kappa shape index (κ1) is 10.3. The Bertz CT molecular complexity index is 327. The maximum Gasteiger partial charge on any atom is 0.313 e. The topological polar surface area (TPSA) is 17.1 Å². The molecule has 3 heteroatoms. The number of carbonyl (C=O) groups excluding carboxylic acids is 1. The maximum absolute atomic E-state index is 8.98. The minimum atomic E-state index is -0.889. The quantitative estimate of drug-likeness (QED) is 0.601. The molecule has 0 bridgehead atoms. The minimum Gasteiger partial charge on any atom is -0.262 e. The van der Waals surface area contributed by atoms with Crippen LogP contribution in [0.4, 0.5) is 4.79 Å². The van der Waals surface area contributed by atoms with Gasteiger partial charge in [-0.1, -0.05) is 36.4 Å². The van der Waals surface area contributed by atoms with Crippen LogP contribution in [-0.2, 0) is 6.42 Å². The summed E-state index contributed by atoms with van der Waals surface area (Å²) in [6.07, 6.45) is 5.50. The van der Waals surface area contributed by atoms with Gasteiger partial charge in [-0.25, -0.2) is 0 Å². The molecule has 13 heavy (non-hydrogen) atoms. The Hall–Kier alpha value is -0.790. The fraction of sp³-hybridized carbons (Fsp3) is 0.100. The highest BCUT2D eigenvalue weighted by Crippen LogP contribution is 2.17. The second kappa shape index (κ2) is 5.05. The third-order valence-electron chi connectivity index (χ3n) is 1.69. The van der Waals surface area contributed by atoms with Gasteiger partial charge in [0.2, 0.25) is 0 Å². The molecule has 2 rings (SSSR count). The second-order valence-electron chi connectivity index (χ2n) is 2.53. The first-order valence-corrected chi connectivity index (χ1v) is 4.55. The summed E-state index contributed by atoms with van der Waals surface area (Å²) in [5.41, 5.74) is 2.84. The number of allylic oxidation sites excluding steroid dienone is 1. The van der Waals surface area contributed by atoms with Gasteiger partial charge in [-0.05, 0) is 40.7 Å². The van der Waals surface area contributed by atoms with E-state index in [1.165, 1.54) is 11.1 Å². The fourth-order valence-corrected chi connectivity index (χ4v) is 1.20. The van der Waals surface area contributed by atoms with Crippen LogP contribution >= 0.6 is 23.2 Å². The van der Waals surface area contributed by atoms with Crippen LogP contribution in [0, 0.1) is 0 Å². The molecule has 0 saturated carbocycles. The first-order chi connectivity index (χ1) is 6.20. The van der Waals surface area contributed by atoms with Crippen molar-refractivity contribution >= 4 is 34.0 Å². The molecule has 0 radical (unpaired) electrons. The van der Waals surface area contributed by atoms with Crippen molar-refractivity contribution in [3.8, 4) is 0 Å². The van der Waals surface area contributed by atoms with Gasteiger partial charge in [-0.15, -0.1) is 0 Å². The normalized spacial score (nSPS) is 11.5. The van der Waals surface area contributed by atoms with Crippen molar-refractivity contribution in [3.63, 3.8) is 0 Å². The van der Waals surface area contributed by atoms with Gasteiger partial charge in [0.05, 0.1) is 0 Å². The lowest BCUT2D eigenvalue weighted by atomic mass is 10.1. The van der Waals surface area contributed by atoms with Crippen LogP contribution in [0.2, 0.25) is 0 Å². The molecular weight excluding hydrogens is 207 g/mol. The zero-order chi connectivity index (χ0) is 9.68. The van der Waals surface area contributed by atoms with Gasteiger partial charge in [0.1, 0.15) is 0 Å². The average molecular weight is 215 g/mol. The van der Waals surface area contributed by atoms with Gasteiger partial charge < -0.3 is 0 Å². The van der Waals surface area contributed by atoms with Gasteiger partial charge in [0.25, 0.3) is 0 Å². The molecular formula is C10H8Cl2O. The summed E-state index contributed by atoms with van der Waals surface area (Å²) in [4.78, 5) is 8.98. The first-order valence-electron chi connectivity index (χ1n) is 3.79. The molecule has 1 aromatic carbocycles. The summed E-state index contributed by atoms with van der Waals surface area (Å²) in [7, 11) is 0. The van der Waals surface area contributed by atoms with E-state index in [-0.39, 0.29) is 0 Å². The molecule has 0 aliphatic heterocycles. The third kappa shape index (κ3) is 3.62. The van der Waals surface area contributed by atoms with E-state index in [2.05, 4.69) is 59.6 Å². The molecule has 1 aromatic rings. The largest absolute Gasteiger partial charge is 0.313 e. The summed E-state index contributed by atoms with van der Waals surface area (Å²) in [5.74, 6) is 0. The Morgan fingerprint density at radius 3 is 2.46 bits per heavy atom. The van der Waals surface area contributed by atoms with E-state index in [0.29, 0.717) is 0 Å². The van der Waals surface area contributed by atoms with Crippen molar-refractivity contribution in [2.24, 2.45) is 0 Å². The molecule has 0 spiro atoms. The van der Waals surface area contributed by atoms with E-state index < -0.39 is 4.70 Å². The lowest BCUT2D eigenvalue weighted by Gasteiger charge is -1.93. The van der Waals surface area contributed by atoms with E-state index in [4.69, 9.17) is 4.79 Å². The van der Waals surface area contributed by atoms with Crippen LogP contribution in [0.3, 0.4) is 0 Å². The number of hydrogen-bond donors (Lipinski definition) is 0. The van der Waals surface area contributed by atoms with Crippen molar-refractivity contribution in [3.05, 3.63) is 41.5 Å². The van der Waals surface area contributed by atoms with Crippen LogP contribution in [0.25, 0.3) is 6.08 Å². The maximum atomic E-state index is 8.98. The highest BCUT2D eigenvalue weighted by atomic mass is 35.5. The van der Waals surface area contributed by atoms with Crippen molar-refractivity contribution in [1.82, 2.24) is 0 Å². The smallest absolute Gasteiger partial charge is 0.262 e. The molecule has 1 aliphatic rings. The van der Waals surface area contributed by atoms with E-state index in [9.17, 15) is 0 Å². The summed E-state index contributed by atoms with van der Waals surface area (Å²) >= 11 is 8.80. The average Bonchev–Trinajstić information content (AvgIpc) is 2.49. The number of carbonyl (C=O) groups is 1. The second-order valence-corrected chi connectivity index (χ2v) is 3.41. The van der Waals surface area contributed by atoms with Crippen molar-refractivity contribution in [1.29, 1.82) is 0 Å². The van der Waals surface area contributed by atoms with E-state index >= 15 is 0 Å². The van der Waals surface area contributed by atoms with Crippen LogP contribution in [0.15, 0.2) is 30.3 Å². The fourth-order valence-electron chi connectivity index (χ4n) is 1.20. The van der Waals surface area contributed by atoms with Crippen LogP contribution < -0.4 is 0 Å². The zero-order valence-corrected chi connectivity index (χ0v) is 8.35. The van der Waals surface area contributed by atoms with Gasteiger partial charge in [0, 0.05) is 0 Å².